The molecule has 56 valence electrons. The molecule has 1 heterocycles. The van der Waals surface area contributed by atoms with Gasteiger partial charge in [-0.15, -0.1) is 0 Å². The highest BCUT2D eigenvalue weighted by atomic mass is 16.1. The van der Waals surface area contributed by atoms with Crippen LogP contribution in [0, 0.1) is 5.92 Å². The zero-order valence-electron chi connectivity index (χ0n) is 6.10. The number of nitrogens with one attached hydrogen (secondary N) is 1. The summed E-state index contributed by atoms with van der Waals surface area (Å²) in [7, 11) is 0. The maximum Gasteiger partial charge on any atom is 0.138 e. The first-order chi connectivity index (χ1) is 4.88. The number of piperidine rings is 1. The molecule has 2 nitrogen and oxygen atoms in total. The van der Waals surface area contributed by atoms with Gasteiger partial charge >= 0.3 is 0 Å². The summed E-state index contributed by atoms with van der Waals surface area (Å²) in [4.78, 5) is 11.2. The lowest BCUT2D eigenvalue weighted by molar-refractivity contribution is -0.124. The third kappa shape index (κ3) is 0.870. The van der Waals surface area contributed by atoms with Gasteiger partial charge in [0, 0.05) is 24.9 Å². The van der Waals surface area contributed by atoms with Gasteiger partial charge in [-0.05, 0) is 12.8 Å². The molecule has 0 amide bonds. The van der Waals surface area contributed by atoms with E-state index in [0.29, 0.717) is 17.7 Å². The zero-order chi connectivity index (χ0) is 6.97. The molecular weight excluding hydrogens is 126 g/mol. The van der Waals surface area contributed by atoms with Crippen LogP contribution in [-0.4, -0.2) is 18.4 Å². The summed E-state index contributed by atoms with van der Waals surface area (Å²) in [6.45, 7) is 0.917. The molecular formula is C8H13NO. The largest absolute Gasteiger partial charge is 0.313 e. The monoisotopic (exact) mass is 139 g/mol. The smallest absolute Gasteiger partial charge is 0.138 e. The highest BCUT2D eigenvalue weighted by Crippen LogP contribution is 2.29. The fourth-order valence-electron chi connectivity index (χ4n) is 2.16. The number of ketones is 1. The lowest BCUT2D eigenvalue weighted by Gasteiger charge is -2.24. The standard InChI is InChI=1S/C8H13NO/c10-8-4-5-9-7-3-1-2-6(7)8/h6-7,9H,1-5H2/t6-,7+/m1/s1. The molecule has 1 saturated carbocycles. The Morgan fingerprint density at radius 3 is 3.10 bits per heavy atom. The minimum atomic E-state index is 0.383. The van der Waals surface area contributed by atoms with Gasteiger partial charge in [-0.25, -0.2) is 0 Å². The minimum Gasteiger partial charge on any atom is -0.313 e. The predicted octanol–water partition coefficient (Wildman–Crippen LogP) is 0.718. The first-order valence-electron chi connectivity index (χ1n) is 4.14. The minimum absolute atomic E-state index is 0.383. The third-order valence-electron chi connectivity index (χ3n) is 2.71. The number of fused-ring (bicyclic) bond motifs is 1. The van der Waals surface area contributed by atoms with Gasteiger partial charge < -0.3 is 5.32 Å². The van der Waals surface area contributed by atoms with E-state index in [1.807, 2.05) is 0 Å². The van der Waals surface area contributed by atoms with Gasteiger partial charge in [0.05, 0.1) is 0 Å². The fraction of sp³-hybridized carbons (Fsp3) is 0.875. The number of carbonyl (C=O) groups is 1. The molecule has 2 aliphatic rings. The summed E-state index contributed by atoms with van der Waals surface area (Å²) >= 11 is 0. The summed E-state index contributed by atoms with van der Waals surface area (Å²) in [6, 6.07) is 0.543. The molecule has 0 aromatic heterocycles. The second-order valence-corrected chi connectivity index (χ2v) is 3.31. The van der Waals surface area contributed by atoms with E-state index in [1.54, 1.807) is 0 Å². The van der Waals surface area contributed by atoms with Crippen molar-refractivity contribution in [1.82, 2.24) is 5.32 Å². The Hall–Kier alpha value is -0.370. The van der Waals surface area contributed by atoms with Crippen molar-refractivity contribution in [3.8, 4) is 0 Å². The van der Waals surface area contributed by atoms with E-state index in [-0.39, 0.29) is 0 Å². The molecule has 2 rings (SSSR count). The highest BCUT2D eigenvalue weighted by molar-refractivity contribution is 5.83. The van der Waals surface area contributed by atoms with Gasteiger partial charge in [-0.3, -0.25) is 4.79 Å². The quantitative estimate of drug-likeness (QED) is 0.535. The van der Waals surface area contributed by atoms with E-state index in [2.05, 4.69) is 5.32 Å². The second-order valence-electron chi connectivity index (χ2n) is 3.31. The van der Waals surface area contributed by atoms with Crippen LogP contribution in [0.1, 0.15) is 25.7 Å². The van der Waals surface area contributed by atoms with Gasteiger partial charge in [0.25, 0.3) is 0 Å². The summed E-state index contributed by atoms with van der Waals surface area (Å²) in [5, 5.41) is 3.39. The number of carbonyl (C=O) groups excluding carboxylic acids is 1. The molecule has 1 aliphatic heterocycles. The van der Waals surface area contributed by atoms with Gasteiger partial charge in [-0.1, -0.05) is 6.42 Å². The summed E-state index contributed by atoms with van der Waals surface area (Å²) in [5.41, 5.74) is 0. The summed E-state index contributed by atoms with van der Waals surface area (Å²) < 4.78 is 0. The molecule has 2 fully saturated rings. The maximum atomic E-state index is 11.2. The molecule has 10 heavy (non-hydrogen) atoms. The van der Waals surface area contributed by atoms with E-state index in [0.717, 1.165) is 19.4 Å². The van der Waals surface area contributed by atoms with E-state index in [4.69, 9.17) is 0 Å². The zero-order valence-corrected chi connectivity index (χ0v) is 6.10. The number of Topliss-reactive ketones (excluding diaryl/α,β-unsaturated/α-hetero) is 1. The molecule has 1 saturated heterocycles. The molecule has 1 aliphatic carbocycles. The van der Waals surface area contributed by atoms with Crippen LogP contribution < -0.4 is 5.32 Å². The van der Waals surface area contributed by atoms with Crippen LogP contribution in [0.15, 0.2) is 0 Å². The molecule has 0 spiro atoms. The Balaban J connectivity index is 2.10. The predicted molar refractivity (Wildman–Crippen MR) is 38.8 cm³/mol. The molecule has 0 aromatic rings. The molecule has 0 unspecified atom stereocenters. The van der Waals surface area contributed by atoms with Gasteiger partial charge in [0.15, 0.2) is 0 Å². The van der Waals surface area contributed by atoms with Crippen molar-refractivity contribution in [2.24, 2.45) is 5.92 Å². The summed E-state index contributed by atoms with van der Waals surface area (Å²) in [5.74, 6) is 0.884. The molecule has 2 atom stereocenters. The van der Waals surface area contributed by atoms with Crippen molar-refractivity contribution in [2.45, 2.75) is 31.7 Å². The molecule has 0 radical (unpaired) electrons. The molecule has 0 aromatic carbocycles. The van der Waals surface area contributed by atoms with E-state index < -0.39 is 0 Å². The third-order valence-corrected chi connectivity index (χ3v) is 2.71. The topological polar surface area (TPSA) is 29.1 Å². The SMILES string of the molecule is O=C1CCN[C@H]2CCC[C@@H]12. The van der Waals surface area contributed by atoms with Crippen molar-refractivity contribution in [1.29, 1.82) is 0 Å². The van der Waals surface area contributed by atoms with Crippen LogP contribution in [0.2, 0.25) is 0 Å². The Labute approximate surface area is 61.0 Å². The molecule has 0 bridgehead atoms. The Morgan fingerprint density at radius 2 is 2.30 bits per heavy atom. The number of hydrogen-bond acceptors (Lipinski definition) is 2. The van der Waals surface area contributed by atoms with Gasteiger partial charge in [0.1, 0.15) is 5.78 Å². The first-order valence-corrected chi connectivity index (χ1v) is 4.14. The maximum absolute atomic E-state index is 11.2. The Bertz CT molecular complexity index is 155. The van der Waals surface area contributed by atoms with E-state index in [9.17, 15) is 4.79 Å². The normalized spacial score (nSPS) is 39.8. The highest BCUT2D eigenvalue weighted by Gasteiger charge is 2.34. The van der Waals surface area contributed by atoms with Crippen molar-refractivity contribution in [3.63, 3.8) is 0 Å². The Kier molecular flexibility index (Phi) is 1.49. The van der Waals surface area contributed by atoms with Crippen LogP contribution >= 0.6 is 0 Å². The average Bonchev–Trinajstić information content (AvgIpc) is 2.36. The van der Waals surface area contributed by atoms with Gasteiger partial charge in [-0.2, -0.15) is 0 Å². The second kappa shape index (κ2) is 2.35. The fourth-order valence-corrected chi connectivity index (χ4v) is 2.16. The van der Waals surface area contributed by atoms with E-state index >= 15 is 0 Å². The van der Waals surface area contributed by atoms with Crippen LogP contribution in [0.4, 0.5) is 0 Å². The van der Waals surface area contributed by atoms with Crippen molar-refractivity contribution >= 4 is 5.78 Å². The van der Waals surface area contributed by atoms with Crippen molar-refractivity contribution in [2.75, 3.05) is 6.54 Å². The van der Waals surface area contributed by atoms with Crippen LogP contribution in [-0.2, 0) is 4.79 Å². The van der Waals surface area contributed by atoms with Crippen molar-refractivity contribution in [3.05, 3.63) is 0 Å². The van der Waals surface area contributed by atoms with Crippen LogP contribution in [0.25, 0.3) is 0 Å². The molecule has 2 heteroatoms. The number of rotatable bonds is 0. The van der Waals surface area contributed by atoms with Crippen LogP contribution in [0.5, 0.6) is 0 Å². The number of hydrogen-bond donors (Lipinski definition) is 1. The lowest BCUT2D eigenvalue weighted by atomic mass is 9.93. The van der Waals surface area contributed by atoms with E-state index in [1.165, 1.54) is 12.8 Å². The summed E-state index contributed by atoms with van der Waals surface area (Å²) in [6.07, 6.45) is 4.36. The average molecular weight is 139 g/mol. The molecule has 1 N–H and O–H groups in total. The lowest BCUT2D eigenvalue weighted by Crippen LogP contribution is -2.43. The van der Waals surface area contributed by atoms with Gasteiger partial charge in [0.2, 0.25) is 0 Å². The first kappa shape index (κ1) is 6.35. The van der Waals surface area contributed by atoms with Crippen LogP contribution in [0.3, 0.4) is 0 Å². The Morgan fingerprint density at radius 1 is 1.40 bits per heavy atom. The van der Waals surface area contributed by atoms with Crippen molar-refractivity contribution < 1.29 is 4.79 Å².